The van der Waals surface area contributed by atoms with Crippen molar-refractivity contribution in [2.24, 2.45) is 5.92 Å². The first-order valence-electron chi connectivity index (χ1n) is 5.79. The van der Waals surface area contributed by atoms with E-state index in [1.807, 2.05) is 12.1 Å². The zero-order chi connectivity index (χ0) is 11.5. The predicted octanol–water partition coefficient (Wildman–Crippen LogP) is 4.06. The van der Waals surface area contributed by atoms with Crippen LogP contribution in [0.5, 0.6) is 5.75 Å². The summed E-state index contributed by atoms with van der Waals surface area (Å²) in [4.78, 5) is 0. The first-order chi connectivity index (χ1) is 7.69. The van der Waals surface area contributed by atoms with E-state index in [0.29, 0.717) is 6.04 Å². The summed E-state index contributed by atoms with van der Waals surface area (Å²) in [5.41, 5.74) is 1.07. The van der Waals surface area contributed by atoms with Gasteiger partial charge in [-0.1, -0.05) is 28.8 Å². The number of hydrogen-bond acceptors (Lipinski definition) is 2. The first-order valence-corrected chi connectivity index (χ1v) is 6.58. The van der Waals surface area contributed by atoms with Crippen LogP contribution in [0.15, 0.2) is 22.7 Å². The van der Waals surface area contributed by atoms with Crippen LogP contribution in [0.3, 0.4) is 0 Å². The summed E-state index contributed by atoms with van der Waals surface area (Å²) in [6.45, 7) is 2.23. The molecule has 2 rings (SSSR count). The minimum atomic E-state index is 0.510. The summed E-state index contributed by atoms with van der Waals surface area (Å²) >= 11 is 3.48. The molecular weight excluding hydrogens is 266 g/mol. The van der Waals surface area contributed by atoms with Gasteiger partial charge in [0, 0.05) is 10.5 Å². The lowest BCUT2D eigenvalue weighted by atomic mass is 10.1. The van der Waals surface area contributed by atoms with Gasteiger partial charge in [0.05, 0.1) is 12.8 Å². The van der Waals surface area contributed by atoms with Gasteiger partial charge in [-0.25, -0.2) is 0 Å². The summed E-state index contributed by atoms with van der Waals surface area (Å²) in [5.74, 6) is 1.85. The summed E-state index contributed by atoms with van der Waals surface area (Å²) in [6, 6.07) is 6.56. The summed E-state index contributed by atoms with van der Waals surface area (Å²) < 4.78 is 6.42. The molecule has 0 spiro atoms. The zero-order valence-corrected chi connectivity index (χ0v) is 11.4. The third kappa shape index (κ3) is 3.14. The molecule has 0 amide bonds. The molecule has 1 unspecified atom stereocenters. The predicted molar refractivity (Wildman–Crippen MR) is 71.1 cm³/mol. The van der Waals surface area contributed by atoms with Crippen molar-refractivity contribution in [3.05, 3.63) is 22.7 Å². The van der Waals surface area contributed by atoms with Gasteiger partial charge in [-0.05, 0) is 37.5 Å². The van der Waals surface area contributed by atoms with E-state index >= 15 is 0 Å². The van der Waals surface area contributed by atoms with Crippen LogP contribution in [0.25, 0.3) is 0 Å². The molecule has 0 bridgehead atoms. The fourth-order valence-electron chi connectivity index (χ4n) is 1.97. The monoisotopic (exact) mass is 283 g/mol. The molecule has 3 heteroatoms. The van der Waals surface area contributed by atoms with Gasteiger partial charge in [0.25, 0.3) is 0 Å². The molecule has 1 aliphatic rings. The van der Waals surface area contributed by atoms with Crippen LogP contribution < -0.4 is 10.1 Å². The van der Waals surface area contributed by atoms with E-state index in [4.69, 9.17) is 4.74 Å². The molecule has 2 nitrogen and oxygen atoms in total. The average molecular weight is 284 g/mol. The molecule has 88 valence electrons. The Morgan fingerprint density at radius 1 is 1.50 bits per heavy atom. The molecule has 1 atom stereocenters. The van der Waals surface area contributed by atoms with Crippen LogP contribution >= 0.6 is 15.9 Å². The quantitative estimate of drug-likeness (QED) is 0.880. The number of methoxy groups -OCH3 is 1. The van der Waals surface area contributed by atoms with E-state index in [-0.39, 0.29) is 0 Å². The lowest BCUT2D eigenvalue weighted by Crippen LogP contribution is -2.16. The maximum atomic E-state index is 5.34. The fourth-order valence-corrected chi connectivity index (χ4v) is 2.33. The molecule has 1 aromatic carbocycles. The minimum absolute atomic E-state index is 0.510. The first kappa shape index (κ1) is 11.8. The third-order valence-corrected chi connectivity index (χ3v) is 3.44. The van der Waals surface area contributed by atoms with Crippen molar-refractivity contribution in [1.82, 2.24) is 0 Å². The van der Waals surface area contributed by atoms with Crippen LogP contribution in [-0.4, -0.2) is 13.2 Å². The highest BCUT2D eigenvalue weighted by atomic mass is 79.9. The minimum Gasteiger partial charge on any atom is -0.495 e. The summed E-state index contributed by atoms with van der Waals surface area (Å²) in [6.07, 6.45) is 4.07. The Morgan fingerprint density at radius 3 is 2.88 bits per heavy atom. The van der Waals surface area contributed by atoms with Crippen molar-refractivity contribution in [1.29, 1.82) is 0 Å². The Hall–Kier alpha value is -0.700. The van der Waals surface area contributed by atoms with Crippen molar-refractivity contribution in [2.75, 3.05) is 12.4 Å². The van der Waals surface area contributed by atoms with Gasteiger partial charge in [0.1, 0.15) is 5.75 Å². The van der Waals surface area contributed by atoms with Gasteiger partial charge in [-0.15, -0.1) is 0 Å². The van der Waals surface area contributed by atoms with E-state index < -0.39 is 0 Å². The van der Waals surface area contributed by atoms with Gasteiger partial charge in [0.15, 0.2) is 0 Å². The Morgan fingerprint density at radius 2 is 2.25 bits per heavy atom. The van der Waals surface area contributed by atoms with E-state index in [0.717, 1.165) is 21.8 Å². The van der Waals surface area contributed by atoms with E-state index in [1.165, 1.54) is 19.3 Å². The number of benzene rings is 1. The van der Waals surface area contributed by atoms with Crippen molar-refractivity contribution in [3.8, 4) is 5.75 Å². The van der Waals surface area contributed by atoms with Crippen LogP contribution in [0, 0.1) is 5.92 Å². The standard InChI is InChI=1S/C13H18BrNO/c1-9(7-10-3-4-10)15-12-8-11(14)5-6-13(12)16-2/h5-6,8-10,15H,3-4,7H2,1-2H3. The molecule has 0 heterocycles. The highest BCUT2D eigenvalue weighted by Gasteiger charge is 2.23. The van der Waals surface area contributed by atoms with Gasteiger partial charge >= 0.3 is 0 Å². The van der Waals surface area contributed by atoms with E-state index in [1.54, 1.807) is 7.11 Å². The molecule has 1 fully saturated rings. The van der Waals surface area contributed by atoms with Crippen LogP contribution in [0.4, 0.5) is 5.69 Å². The lowest BCUT2D eigenvalue weighted by molar-refractivity contribution is 0.415. The summed E-state index contributed by atoms with van der Waals surface area (Å²) in [7, 11) is 1.71. The van der Waals surface area contributed by atoms with E-state index in [2.05, 4.69) is 34.2 Å². The van der Waals surface area contributed by atoms with Gasteiger partial charge in [-0.3, -0.25) is 0 Å². The molecule has 1 N–H and O–H groups in total. The van der Waals surface area contributed by atoms with Crippen molar-refractivity contribution >= 4 is 21.6 Å². The molecule has 0 aliphatic heterocycles. The van der Waals surface area contributed by atoms with Gasteiger partial charge in [0.2, 0.25) is 0 Å². The summed E-state index contributed by atoms with van der Waals surface area (Å²) in [5, 5.41) is 3.52. The van der Waals surface area contributed by atoms with Crippen molar-refractivity contribution < 1.29 is 4.74 Å². The molecule has 0 aromatic heterocycles. The van der Waals surface area contributed by atoms with Crippen LogP contribution in [0.2, 0.25) is 0 Å². The average Bonchev–Trinajstić information content (AvgIpc) is 3.02. The SMILES string of the molecule is COc1ccc(Br)cc1NC(C)CC1CC1. The maximum Gasteiger partial charge on any atom is 0.142 e. The van der Waals surface area contributed by atoms with Gasteiger partial charge in [-0.2, -0.15) is 0 Å². The third-order valence-electron chi connectivity index (χ3n) is 2.95. The normalized spacial score (nSPS) is 16.9. The number of ether oxygens (including phenoxy) is 1. The Bertz CT molecular complexity index is 363. The second-order valence-electron chi connectivity index (χ2n) is 4.57. The molecular formula is C13H18BrNO. The Balaban J connectivity index is 2.02. The highest BCUT2D eigenvalue weighted by molar-refractivity contribution is 9.10. The second kappa shape index (κ2) is 5.09. The highest BCUT2D eigenvalue weighted by Crippen LogP contribution is 2.35. The lowest BCUT2D eigenvalue weighted by Gasteiger charge is -2.17. The molecule has 0 radical (unpaired) electrons. The maximum absolute atomic E-state index is 5.34. The second-order valence-corrected chi connectivity index (χ2v) is 5.48. The van der Waals surface area contributed by atoms with E-state index in [9.17, 15) is 0 Å². The van der Waals surface area contributed by atoms with Crippen molar-refractivity contribution in [3.63, 3.8) is 0 Å². The number of halogens is 1. The topological polar surface area (TPSA) is 21.3 Å². The molecule has 16 heavy (non-hydrogen) atoms. The Labute approximate surface area is 106 Å². The number of nitrogens with one attached hydrogen (secondary N) is 1. The van der Waals surface area contributed by atoms with Crippen molar-refractivity contribution in [2.45, 2.75) is 32.2 Å². The van der Waals surface area contributed by atoms with Crippen LogP contribution in [0.1, 0.15) is 26.2 Å². The smallest absolute Gasteiger partial charge is 0.142 e. The molecule has 1 saturated carbocycles. The largest absolute Gasteiger partial charge is 0.495 e. The van der Waals surface area contributed by atoms with Gasteiger partial charge < -0.3 is 10.1 Å². The number of anilines is 1. The number of hydrogen-bond donors (Lipinski definition) is 1. The zero-order valence-electron chi connectivity index (χ0n) is 9.79. The molecule has 1 aromatic rings. The fraction of sp³-hybridized carbons (Fsp3) is 0.538. The Kier molecular flexibility index (Phi) is 3.74. The number of rotatable bonds is 5. The van der Waals surface area contributed by atoms with Crippen LogP contribution in [-0.2, 0) is 0 Å². The molecule has 1 aliphatic carbocycles. The molecule has 0 saturated heterocycles.